The van der Waals surface area contributed by atoms with E-state index in [4.69, 9.17) is 5.73 Å². The molecule has 2 rings (SSSR count). The maximum Gasteiger partial charge on any atom is 0.244 e. The van der Waals surface area contributed by atoms with Crippen molar-refractivity contribution in [2.45, 2.75) is 24.8 Å². The Morgan fingerprint density at radius 2 is 2.00 bits per heavy atom. The normalized spacial score (nSPS) is 17.4. The van der Waals surface area contributed by atoms with Gasteiger partial charge in [-0.05, 0) is 41.3 Å². The molecule has 0 atom stereocenters. The van der Waals surface area contributed by atoms with Crippen LogP contribution in [0.5, 0.6) is 0 Å². The summed E-state index contributed by atoms with van der Waals surface area (Å²) in [4.78, 5) is 11.7. The highest BCUT2D eigenvalue weighted by molar-refractivity contribution is 9.10. The van der Waals surface area contributed by atoms with Gasteiger partial charge in [0.25, 0.3) is 0 Å². The Bertz CT molecular complexity index is 475. The van der Waals surface area contributed by atoms with Gasteiger partial charge in [-0.1, -0.05) is 0 Å². The highest BCUT2D eigenvalue weighted by atomic mass is 79.9. The van der Waals surface area contributed by atoms with E-state index in [1.165, 1.54) is 0 Å². The van der Waals surface area contributed by atoms with Crippen molar-refractivity contribution >= 4 is 27.5 Å². The Hall–Kier alpha value is -1.01. The van der Waals surface area contributed by atoms with Crippen molar-refractivity contribution in [2.75, 3.05) is 5.32 Å². The molecule has 3 nitrogen and oxygen atoms in total. The van der Waals surface area contributed by atoms with E-state index in [9.17, 15) is 13.6 Å². The van der Waals surface area contributed by atoms with Crippen molar-refractivity contribution in [1.82, 2.24) is 0 Å². The standard InChI is InChI=1S/C11H11BrF2N2O/c12-6-4-8(14)9(5-7(6)13)16-10(17)11(15)2-1-3-11/h4-5H,1-3,15H2,(H,16,17). The number of nitrogens with two attached hydrogens (primary N) is 1. The molecule has 6 heteroatoms. The predicted molar refractivity (Wildman–Crippen MR) is 63.5 cm³/mol. The van der Waals surface area contributed by atoms with Crippen molar-refractivity contribution in [3.63, 3.8) is 0 Å². The third-order valence-electron chi connectivity index (χ3n) is 2.96. The van der Waals surface area contributed by atoms with Crippen LogP contribution in [0, 0.1) is 11.6 Å². The minimum absolute atomic E-state index is 0.0131. The molecule has 0 heterocycles. The lowest BCUT2D eigenvalue weighted by molar-refractivity contribution is -0.123. The molecule has 3 N–H and O–H groups in total. The summed E-state index contributed by atoms with van der Waals surface area (Å²) in [5, 5.41) is 2.32. The molecule has 17 heavy (non-hydrogen) atoms. The fraction of sp³-hybridized carbons (Fsp3) is 0.364. The van der Waals surface area contributed by atoms with Crippen LogP contribution in [0.4, 0.5) is 14.5 Å². The molecule has 0 unspecified atom stereocenters. The molecule has 0 aliphatic heterocycles. The molecule has 1 saturated carbocycles. The zero-order valence-electron chi connectivity index (χ0n) is 8.90. The first kappa shape index (κ1) is 12.4. The molecular formula is C11H11BrF2N2O. The second-order valence-electron chi connectivity index (χ2n) is 4.21. The van der Waals surface area contributed by atoms with E-state index in [1.54, 1.807) is 0 Å². The van der Waals surface area contributed by atoms with Gasteiger partial charge in [-0.3, -0.25) is 4.79 Å². The number of rotatable bonds is 2. The fourth-order valence-electron chi connectivity index (χ4n) is 1.65. The van der Waals surface area contributed by atoms with Crippen molar-refractivity contribution in [3.8, 4) is 0 Å². The first-order valence-corrected chi connectivity index (χ1v) is 5.96. The Labute approximate surface area is 106 Å². The maximum atomic E-state index is 13.4. The third-order valence-corrected chi connectivity index (χ3v) is 3.56. The molecule has 1 amide bonds. The summed E-state index contributed by atoms with van der Waals surface area (Å²) in [5.74, 6) is -1.81. The SMILES string of the molecule is NC1(C(=O)Nc2cc(F)c(Br)cc2F)CCC1. The third kappa shape index (κ3) is 2.32. The van der Waals surface area contributed by atoms with Crippen molar-refractivity contribution < 1.29 is 13.6 Å². The van der Waals surface area contributed by atoms with Gasteiger partial charge in [0, 0.05) is 6.07 Å². The summed E-state index contributed by atoms with van der Waals surface area (Å²) in [6, 6.07) is 1.90. The molecule has 0 radical (unpaired) electrons. The zero-order chi connectivity index (χ0) is 12.6. The van der Waals surface area contributed by atoms with Crippen LogP contribution < -0.4 is 11.1 Å². The van der Waals surface area contributed by atoms with Gasteiger partial charge in [0.2, 0.25) is 5.91 Å². The summed E-state index contributed by atoms with van der Waals surface area (Å²) in [6.07, 6.45) is 2.01. The van der Waals surface area contributed by atoms with Gasteiger partial charge < -0.3 is 11.1 Å². The minimum Gasteiger partial charge on any atom is -0.322 e. The van der Waals surface area contributed by atoms with Gasteiger partial charge in [-0.2, -0.15) is 0 Å². The number of carbonyl (C=O) groups excluding carboxylic acids is 1. The van der Waals surface area contributed by atoms with Gasteiger partial charge >= 0.3 is 0 Å². The first-order chi connectivity index (χ1) is 7.92. The fourth-order valence-corrected chi connectivity index (χ4v) is 1.97. The van der Waals surface area contributed by atoms with Gasteiger partial charge in [0.1, 0.15) is 11.6 Å². The number of anilines is 1. The summed E-state index contributed by atoms with van der Waals surface area (Å²) in [6.45, 7) is 0. The predicted octanol–water partition coefficient (Wildman–Crippen LogP) is 2.55. The molecule has 0 aromatic heterocycles. The van der Waals surface area contributed by atoms with E-state index in [-0.39, 0.29) is 10.2 Å². The van der Waals surface area contributed by atoms with Gasteiger partial charge in [-0.15, -0.1) is 0 Å². The van der Waals surface area contributed by atoms with E-state index in [2.05, 4.69) is 21.2 Å². The van der Waals surface area contributed by atoms with Crippen LogP contribution >= 0.6 is 15.9 Å². The van der Waals surface area contributed by atoms with Crippen molar-refractivity contribution in [1.29, 1.82) is 0 Å². The van der Waals surface area contributed by atoms with Gasteiger partial charge in [-0.25, -0.2) is 8.78 Å². The molecule has 1 aromatic rings. The Balaban J connectivity index is 2.19. The number of nitrogens with one attached hydrogen (secondary N) is 1. The molecule has 0 bridgehead atoms. The molecule has 1 aliphatic rings. The lowest BCUT2D eigenvalue weighted by Crippen LogP contribution is -2.56. The first-order valence-electron chi connectivity index (χ1n) is 5.17. The number of halogens is 3. The molecule has 1 fully saturated rings. The number of benzene rings is 1. The quantitative estimate of drug-likeness (QED) is 0.825. The molecular weight excluding hydrogens is 294 g/mol. The van der Waals surface area contributed by atoms with Crippen LogP contribution in [0.25, 0.3) is 0 Å². The summed E-state index contributed by atoms with van der Waals surface area (Å²) >= 11 is 2.86. The second-order valence-corrected chi connectivity index (χ2v) is 5.06. The van der Waals surface area contributed by atoms with Crippen LogP contribution in [-0.2, 0) is 4.79 Å². The van der Waals surface area contributed by atoms with Crippen LogP contribution in [0.15, 0.2) is 16.6 Å². The highest BCUT2D eigenvalue weighted by Gasteiger charge is 2.40. The Morgan fingerprint density at radius 3 is 2.53 bits per heavy atom. The number of carbonyl (C=O) groups is 1. The lowest BCUT2D eigenvalue weighted by atomic mass is 9.77. The van der Waals surface area contributed by atoms with Crippen LogP contribution in [0.3, 0.4) is 0 Å². The van der Waals surface area contributed by atoms with Crippen LogP contribution in [0.2, 0.25) is 0 Å². The largest absolute Gasteiger partial charge is 0.322 e. The summed E-state index contributed by atoms with van der Waals surface area (Å²) in [7, 11) is 0. The maximum absolute atomic E-state index is 13.4. The van der Waals surface area contributed by atoms with E-state index < -0.39 is 23.1 Å². The van der Waals surface area contributed by atoms with Crippen LogP contribution in [-0.4, -0.2) is 11.4 Å². The molecule has 1 aliphatic carbocycles. The average molecular weight is 305 g/mol. The number of hydrogen-bond donors (Lipinski definition) is 2. The summed E-state index contributed by atoms with van der Waals surface area (Å²) < 4.78 is 26.7. The van der Waals surface area contributed by atoms with Gasteiger partial charge in [0.15, 0.2) is 0 Å². The van der Waals surface area contributed by atoms with E-state index in [0.29, 0.717) is 12.8 Å². The molecule has 1 aromatic carbocycles. The van der Waals surface area contributed by atoms with Crippen molar-refractivity contribution in [3.05, 3.63) is 28.2 Å². The van der Waals surface area contributed by atoms with Crippen molar-refractivity contribution in [2.24, 2.45) is 5.73 Å². The van der Waals surface area contributed by atoms with Crippen LogP contribution in [0.1, 0.15) is 19.3 Å². The number of hydrogen-bond acceptors (Lipinski definition) is 2. The Morgan fingerprint density at radius 1 is 1.35 bits per heavy atom. The molecule has 0 spiro atoms. The smallest absolute Gasteiger partial charge is 0.244 e. The second kappa shape index (κ2) is 4.34. The van der Waals surface area contributed by atoms with E-state index >= 15 is 0 Å². The number of amides is 1. The Kier molecular flexibility index (Phi) is 3.18. The molecule has 92 valence electrons. The average Bonchev–Trinajstić information content (AvgIpc) is 2.22. The summed E-state index contributed by atoms with van der Waals surface area (Å²) in [5.41, 5.74) is 4.65. The topological polar surface area (TPSA) is 55.1 Å². The van der Waals surface area contributed by atoms with Gasteiger partial charge in [0.05, 0.1) is 15.7 Å². The molecule has 0 saturated heterocycles. The zero-order valence-corrected chi connectivity index (χ0v) is 10.5. The lowest BCUT2D eigenvalue weighted by Gasteiger charge is -2.36. The highest BCUT2D eigenvalue weighted by Crippen LogP contribution is 2.31. The minimum atomic E-state index is -0.935. The monoisotopic (exact) mass is 304 g/mol. The van der Waals surface area contributed by atoms with E-state index in [1.807, 2.05) is 0 Å². The van der Waals surface area contributed by atoms with E-state index in [0.717, 1.165) is 18.6 Å².